The van der Waals surface area contributed by atoms with Crippen LogP contribution < -0.4 is 11.1 Å². The largest absolute Gasteiger partial charge is 0.480 e. The van der Waals surface area contributed by atoms with Gasteiger partial charge in [0.15, 0.2) is 0 Å². The van der Waals surface area contributed by atoms with Crippen molar-refractivity contribution in [3.8, 4) is 0 Å². The molecule has 4 N–H and O–H groups in total. The van der Waals surface area contributed by atoms with E-state index in [0.717, 1.165) is 18.4 Å². The predicted octanol–water partition coefficient (Wildman–Crippen LogP) is 2.70. The van der Waals surface area contributed by atoms with E-state index in [0.29, 0.717) is 13.0 Å². The second kappa shape index (κ2) is 17.5. The average Bonchev–Trinajstić information content (AvgIpc) is 3.49. The Balaban J connectivity index is 2.20. The molecule has 11 heteroatoms. The van der Waals surface area contributed by atoms with Gasteiger partial charge < -0.3 is 35.4 Å². The molecule has 2 rings (SSSR count). The summed E-state index contributed by atoms with van der Waals surface area (Å²) in [6, 6.07) is 6.61. The van der Waals surface area contributed by atoms with Gasteiger partial charge in [-0.05, 0) is 30.2 Å². The van der Waals surface area contributed by atoms with Crippen molar-refractivity contribution < 1.29 is 33.8 Å². The van der Waals surface area contributed by atoms with E-state index in [-0.39, 0.29) is 48.6 Å². The first-order chi connectivity index (χ1) is 20.8. The fourth-order valence-electron chi connectivity index (χ4n) is 6.18. The first kappa shape index (κ1) is 37.2. The molecule has 0 aliphatic carbocycles. The maximum absolute atomic E-state index is 13.8. The van der Waals surface area contributed by atoms with Crippen LogP contribution in [0, 0.1) is 17.8 Å². The van der Waals surface area contributed by atoms with Crippen LogP contribution in [0.1, 0.15) is 65.9 Å². The number of nitrogens with two attached hydrogens (primary N) is 1. The van der Waals surface area contributed by atoms with Crippen LogP contribution in [0.3, 0.4) is 0 Å². The zero-order valence-electron chi connectivity index (χ0n) is 27.7. The van der Waals surface area contributed by atoms with Gasteiger partial charge in [0.1, 0.15) is 6.04 Å². The number of carboxylic acids is 1. The number of carboxylic acid groups (broad SMARTS) is 1. The van der Waals surface area contributed by atoms with Crippen LogP contribution in [-0.2, 0) is 35.1 Å². The molecule has 0 saturated carbocycles. The van der Waals surface area contributed by atoms with Gasteiger partial charge in [-0.3, -0.25) is 14.4 Å². The lowest BCUT2D eigenvalue weighted by Crippen LogP contribution is -2.56. The van der Waals surface area contributed by atoms with E-state index in [1.54, 1.807) is 30.9 Å². The molecule has 1 aliphatic heterocycles. The van der Waals surface area contributed by atoms with Gasteiger partial charge in [-0.1, -0.05) is 71.4 Å². The number of benzene rings is 1. The predicted molar refractivity (Wildman–Crippen MR) is 169 cm³/mol. The van der Waals surface area contributed by atoms with E-state index >= 15 is 0 Å². The maximum atomic E-state index is 13.8. The Morgan fingerprint density at radius 2 is 1.73 bits per heavy atom. The van der Waals surface area contributed by atoms with Crippen molar-refractivity contribution >= 4 is 23.7 Å². The van der Waals surface area contributed by atoms with E-state index in [1.807, 2.05) is 58.0 Å². The van der Waals surface area contributed by atoms with Gasteiger partial charge in [0.25, 0.3) is 0 Å². The van der Waals surface area contributed by atoms with Crippen LogP contribution >= 0.6 is 0 Å². The Hall–Kier alpha value is -3.02. The van der Waals surface area contributed by atoms with Gasteiger partial charge in [-0.2, -0.15) is 0 Å². The third-order valence-electron chi connectivity index (χ3n) is 9.16. The number of hydrogen-bond donors (Lipinski definition) is 3. The lowest BCUT2D eigenvalue weighted by molar-refractivity contribution is -0.147. The molecular formula is C33H54N4O7. The first-order valence-electron chi connectivity index (χ1n) is 15.7. The van der Waals surface area contributed by atoms with Crippen LogP contribution in [0.5, 0.6) is 0 Å². The number of carbonyl (C=O) groups excluding carboxylic acids is 3. The highest BCUT2D eigenvalue weighted by Crippen LogP contribution is 2.29. The summed E-state index contributed by atoms with van der Waals surface area (Å²) >= 11 is 0. The van der Waals surface area contributed by atoms with Crippen LogP contribution in [0.25, 0.3) is 0 Å². The van der Waals surface area contributed by atoms with Gasteiger partial charge in [-0.15, -0.1) is 0 Å². The molecule has 1 heterocycles. The lowest BCUT2D eigenvalue weighted by Gasteiger charge is -2.40. The second-order valence-electron chi connectivity index (χ2n) is 12.4. The van der Waals surface area contributed by atoms with Crippen LogP contribution in [0.4, 0.5) is 0 Å². The molecule has 44 heavy (non-hydrogen) atoms. The number of aliphatic carboxylic acids is 1. The molecule has 0 bridgehead atoms. The minimum Gasteiger partial charge on any atom is -0.480 e. The molecule has 3 unspecified atom stereocenters. The minimum absolute atomic E-state index is 0.0372. The molecule has 3 amide bonds. The third kappa shape index (κ3) is 9.49. The van der Waals surface area contributed by atoms with Crippen molar-refractivity contribution in [3.63, 3.8) is 0 Å². The summed E-state index contributed by atoms with van der Waals surface area (Å²) in [5, 5.41) is 12.5. The number of nitrogens with one attached hydrogen (secondary N) is 1. The summed E-state index contributed by atoms with van der Waals surface area (Å²) in [7, 11) is 4.78. The summed E-state index contributed by atoms with van der Waals surface area (Å²) in [4.78, 5) is 55.7. The van der Waals surface area contributed by atoms with Crippen LogP contribution in [-0.4, -0.2) is 103 Å². The van der Waals surface area contributed by atoms with E-state index in [1.165, 1.54) is 7.11 Å². The minimum atomic E-state index is -1.12. The van der Waals surface area contributed by atoms with Crippen molar-refractivity contribution in [1.82, 2.24) is 15.1 Å². The molecule has 11 nitrogen and oxygen atoms in total. The van der Waals surface area contributed by atoms with Gasteiger partial charge >= 0.3 is 5.97 Å². The van der Waals surface area contributed by atoms with E-state index in [2.05, 4.69) is 5.32 Å². The average molecular weight is 619 g/mol. The Labute approximate surface area is 262 Å². The van der Waals surface area contributed by atoms with Crippen molar-refractivity contribution in [2.45, 2.75) is 103 Å². The highest BCUT2D eigenvalue weighted by Gasteiger charge is 2.42. The Bertz CT molecular complexity index is 1090. The number of likely N-dealkylation sites (tertiary alicyclic amines) is 1. The summed E-state index contributed by atoms with van der Waals surface area (Å²) in [5.41, 5.74) is 7.00. The molecule has 248 valence electrons. The number of hydrogen-bond acceptors (Lipinski definition) is 7. The van der Waals surface area contributed by atoms with E-state index in [4.69, 9.17) is 15.2 Å². The smallest absolute Gasteiger partial charge is 0.326 e. The normalized spacial score (nSPS) is 19.9. The standard InChI is InChI=1S/C33H54N4O7/c1-9-21(4)29(36(6)32(40)28(34)20(2)3)26(43-7)19-27(38)37-17-13-16-25(37)30(44-8)22(5)31(39)35-24(33(41)42)18-23-14-11-10-12-15-23/h10-12,14-15,20-22,24-26,28-30H,9,13,16-19,34H2,1-8H3,(H,35,39)(H,41,42)/t21-,22+,24?,25?,26+,28?,29-,30+/m0/s1. The maximum Gasteiger partial charge on any atom is 0.326 e. The van der Waals surface area contributed by atoms with Crippen molar-refractivity contribution in [3.05, 3.63) is 35.9 Å². The number of methoxy groups -OCH3 is 2. The van der Waals surface area contributed by atoms with E-state index < -0.39 is 42.1 Å². The number of likely N-dealkylation sites (N-methyl/N-ethyl adjacent to an activating group) is 1. The Morgan fingerprint density at radius 1 is 1.09 bits per heavy atom. The molecule has 0 spiro atoms. The zero-order chi connectivity index (χ0) is 33.1. The molecule has 1 aliphatic rings. The van der Waals surface area contributed by atoms with Gasteiger partial charge in [-0.25, -0.2) is 4.79 Å². The quantitative estimate of drug-likeness (QED) is 0.241. The van der Waals surface area contributed by atoms with Crippen molar-refractivity contribution in [1.29, 1.82) is 0 Å². The summed E-state index contributed by atoms with van der Waals surface area (Å²) in [6.07, 6.45) is 1.14. The topological polar surface area (TPSA) is 152 Å². The Kier molecular flexibility index (Phi) is 14.8. The van der Waals surface area contributed by atoms with E-state index in [9.17, 15) is 24.3 Å². The highest BCUT2D eigenvalue weighted by molar-refractivity contribution is 5.86. The van der Waals surface area contributed by atoms with Crippen molar-refractivity contribution in [2.75, 3.05) is 27.8 Å². The number of amides is 3. The molecule has 1 saturated heterocycles. The third-order valence-corrected chi connectivity index (χ3v) is 9.16. The van der Waals surface area contributed by atoms with Crippen molar-refractivity contribution in [2.24, 2.45) is 23.5 Å². The molecule has 0 radical (unpaired) electrons. The highest BCUT2D eigenvalue weighted by atomic mass is 16.5. The van der Waals surface area contributed by atoms with Gasteiger partial charge in [0.2, 0.25) is 17.7 Å². The molecule has 1 aromatic carbocycles. The lowest BCUT2D eigenvalue weighted by atomic mass is 9.89. The SMILES string of the molecule is CC[C@H](C)[C@@H]([C@@H](CC(=O)N1CCCC1[C@H](OC)[C@@H](C)C(=O)NC(Cc1ccccc1)C(=O)O)OC)N(C)C(=O)C(N)C(C)C. The monoisotopic (exact) mass is 618 g/mol. The molecule has 1 aromatic rings. The fraction of sp³-hybridized carbons (Fsp3) is 0.697. The number of nitrogens with zero attached hydrogens (tertiary/aromatic N) is 2. The number of rotatable bonds is 17. The molecule has 1 fully saturated rings. The molecule has 8 atom stereocenters. The summed E-state index contributed by atoms with van der Waals surface area (Å²) < 4.78 is 11.7. The molecular weight excluding hydrogens is 564 g/mol. The van der Waals surface area contributed by atoms with Crippen LogP contribution in [0.15, 0.2) is 30.3 Å². The van der Waals surface area contributed by atoms with Gasteiger partial charge in [0.05, 0.1) is 42.7 Å². The Morgan fingerprint density at radius 3 is 2.25 bits per heavy atom. The fourth-order valence-corrected chi connectivity index (χ4v) is 6.18. The van der Waals surface area contributed by atoms with Crippen LogP contribution in [0.2, 0.25) is 0 Å². The first-order valence-corrected chi connectivity index (χ1v) is 15.7. The zero-order valence-corrected chi connectivity index (χ0v) is 27.7. The molecule has 0 aromatic heterocycles. The number of ether oxygens (including phenoxy) is 2. The second-order valence-corrected chi connectivity index (χ2v) is 12.4. The van der Waals surface area contributed by atoms with Gasteiger partial charge in [0, 0.05) is 34.2 Å². The summed E-state index contributed by atoms with van der Waals surface area (Å²) in [5.74, 6) is -2.63. The summed E-state index contributed by atoms with van der Waals surface area (Å²) in [6.45, 7) is 10.1. The number of carbonyl (C=O) groups is 4.